The predicted octanol–water partition coefficient (Wildman–Crippen LogP) is 2.97. The summed E-state index contributed by atoms with van der Waals surface area (Å²) in [5, 5.41) is 16.0. The van der Waals surface area contributed by atoms with E-state index in [0.29, 0.717) is 12.1 Å². The number of halogens is 1. The molecule has 1 saturated carbocycles. The van der Waals surface area contributed by atoms with E-state index in [4.69, 9.17) is 4.74 Å². The first-order valence-electron chi connectivity index (χ1n) is 9.52. The van der Waals surface area contributed by atoms with Gasteiger partial charge in [-0.1, -0.05) is 18.9 Å². The second kappa shape index (κ2) is 10.5. The highest BCUT2D eigenvalue weighted by molar-refractivity contribution is 5.79. The number of ether oxygens (including phenoxy) is 1. The Kier molecular flexibility index (Phi) is 8.32. The Morgan fingerprint density at radius 1 is 1.31 bits per heavy atom. The van der Waals surface area contributed by atoms with Crippen LogP contribution in [0.25, 0.3) is 0 Å². The van der Waals surface area contributed by atoms with Gasteiger partial charge in [-0.25, -0.2) is 9.38 Å². The highest BCUT2D eigenvalue weighted by atomic mass is 19.1. The summed E-state index contributed by atoms with van der Waals surface area (Å²) in [4.78, 5) is 4.62. The van der Waals surface area contributed by atoms with Gasteiger partial charge in [0.2, 0.25) is 0 Å². The molecule has 0 aromatic heterocycles. The first kappa shape index (κ1) is 20.6. The van der Waals surface area contributed by atoms with Crippen LogP contribution in [-0.2, 0) is 17.9 Å². The molecule has 6 heteroatoms. The lowest BCUT2D eigenvalue weighted by Crippen LogP contribution is -2.43. The molecule has 1 aromatic rings. The molecular weight excluding hydrogens is 333 g/mol. The van der Waals surface area contributed by atoms with Crippen molar-refractivity contribution in [3.05, 3.63) is 35.1 Å². The number of nitrogens with one attached hydrogen (secondary N) is 2. The smallest absolute Gasteiger partial charge is 0.191 e. The van der Waals surface area contributed by atoms with Crippen molar-refractivity contribution in [3.63, 3.8) is 0 Å². The summed E-state index contributed by atoms with van der Waals surface area (Å²) in [5.74, 6) is 0.387. The normalized spacial score (nSPS) is 16.7. The molecule has 0 bridgehead atoms. The molecule has 0 radical (unpaired) electrons. The van der Waals surface area contributed by atoms with Gasteiger partial charge in [-0.05, 0) is 49.3 Å². The molecule has 0 unspecified atom stereocenters. The number of aliphatic hydroxyl groups is 1. The SMILES string of the molecule is CCNC(=NCc1ccc(F)c(CO)c1)NCC1(CCOC)CCCC1. The molecular formula is C20H32FN3O2. The zero-order valence-corrected chi connectivity index (χ0v) is 16.0. The lowest BCUT2D eigenvalue weighted by atomic mass is 9.83. The molecule has 0 atom stereocenters. The van der Waals surface area contributed by atoms with Crippen molar-refractivity contribution in [3.8, 4) is 0 Å². The van der Waals surface area contributed by atoms with Crippen LogP contribution in [0.2, 0.25) is 0 Å². The molecule has 0 aliphatic heterocycles. The third kappa shape index (κ3) is 5.95. The van der Waals surface area contributed by atoms with E-state index in [1.54, 1.807) is 19.2 Å². The first-order chi connectivity index (χ1) is 12.6. The van der Waals surface area contributed by atoms with Gasteiger partial charge in [-0.15, -0.1) is 0 Å². The minimum atomic E-state index is -0.383. The van der Waals surface area contributed by atoms with Gasteiger partial charge in [0.25, 0.3) is 0 Å². The lowest BCUT2D eigenvalue weighted by molar-refractivity contribution is 0.138. The highest BCUT2D eigenvalue weighted by Crippen LogP contribution is 2.40. The number of rotatable bonds is 9. The largest absolute Gasteiger partial charge is 0.392 e. The van der Waals surface area contributed by atoms with Gasteiger partial charge < -0.3 is 20.5 Å². The standard InChI is InChI=1S/C20H32FN3O2/c1-3-22-19(23-13-16-6-7-18(21)17(12-16)14-25)24-15-20(10-11-26-2)8-4-5-9-20/h6-7,12,25H,3-5,8-11,13-15H2,1-2H3,(H2,22,23,24). The van der Waals surface area contributed by atoms with Crippen molar-refractivity contribution >= 4 is 5.96 Å². The molecule has 3 N–H and O–H groups in total. The van der Waals surface area contributed by atoms with Crippen LogP contribution < -0.4 is 10.6 Å². The quantitative estimate of drug-likeness (QED) is 0.465. The fourth-order valence-electron chi connectivity index (χ4n) is 3.59. The van der Waals surface area contributed by atoms with Crippen molar-refractivity contribution in [1.82, 2.24) is 10.6 Å². The van der Waals surface area contributed by atoms with Crippen LogP contribution in [-0.4, -0.2) is 37.9 Å². The summed E-state index contributed by atoms with van der Waals surface area (Å²) in [5.41, 5.74) is 1.47. The molecule has 146 valence electrons. The van der Waals surface area contributed by atoms with Gasteiger partial charge in [0.1, 0.15) is 5.82 Å². The average Bonchev–Trinajstić information content (AvgIpc) is 3.12. The van der Waals surface area contributed by atoms with Crippen molar-refractivity contribution in [1.29, 1.82) is 0 Å². The Morgan fingerprint density at radius 2 is 2.08 bits per heavy atom. The number of nitrogens with zero attached hydrogens (tertiary/aromatic N) is 1. The van der Waals surface area contributed by atoms with Crippen LogP contribution in [0.3, 0.4) is 0 Å². The average molecular weight is 365 g/mol. The van der Waals surface area contributed by atoms with Gasteiger partial charge in [0, 0.05) is 32.4 Å². The van der Waals surface area contributed by atoms with E-state index < -0.39 is 0 Å². The van der Waals surface area contributed by atoms with Gasteiger partial charge in [0.05, 0.1) is 13.2 Å². The van der Waals surface area contributed by atoms with E-state index in [1.807, 2.05) is 6.92 Å². The molecule has 1 aromatic carbocycles. The second-order valence-corrected chi connectivity index (χ2v) is 7.08. The molecule has 0 amide bonds. The maximum Gasteiger partial charge on any atom is 0.191 e. The van der Waals surface area contributed by atoms with Crippen molar-refractivity contribution in [2.45, 2.75) is 52.2 Å². The number of benzene rings is 1. The summed E-state index contributed by atoms with van der Waals surface area (Å²) < 4.78 is 18.8. The van der Waals surface area contributed by atoms with Gasteiger partial charge in [-0.2, -0.15) is 0 Å². The summed E-state index contributed by atoms with van der Waals surface area (Å²) in [6.07, 6.45) is 6.06. The molecule has 5 nitrogen and oxygen atoms in total. The Labute approximate surface area is 156 Å². The van der Waals surface area contributed by atoms with Gasteiger partial charge in [0.15, 0.2) is 5.96 Å². The van der Waals surface area contributed by atoms with Crippen LogP contribution in [0.1, 0.15) is 50.2 Å². The van der Waals surface area contributed by atoms with E-state index in [9.17, 15) is 9.50 Å². The first-order valence-corrected chi connectivity index (χ1v) is 9.52. The monoisotopic (exact) mass is 365 g/mol. The van der Waals surface area contributed by atoms with Crippen molar-refractivity contribution in [2.24, 2.45) is 10.4 Å². The van der Waals surface area contributed by atoms with Crippen molar-refractivity contribution in [2.75, 3.05) is 26.8 Å². The van der Waals surface area contributed by atoms with Crippen LogP contribution in [0.4, 0.5) is 4.39 Å². The molecule has 0 saturated heterocycles. The molecule has 1 fully saturated rings. The molecule has 26 heavy (non-hydrogen) atoms. The molecule has 0 heterocycles. The van der Waals surface area contributed by atoms with Crippen molar-refractivity contribution < 1.29 is 14.2 Å². The number of aliphatic hydroxyl groups excluding tert-OH is 1. The summed E-state index contributed by atoms with van der Waals surface area (Å²) in [6, 6.07) is 4.76. The molecule has 1 aliphatic rings. The lowest BCUT2D eigenvalue weighted by Gasteiger charge is -2.30. The van der Waals surface area contributed by atoms with Gasteiger partial charge in [-0.3, -0.25) is 0 Å². The number of hydrogen-bond acceptors (Lipinski definition) is 3. The topological polar surface area (TPSA) is 65.9 Å². The van der Waals surface area contributed by atoms with Crippen LogP contribution >= 0.6 is 0 Å². The Hall–Kier alpha value is -1.66. The fraction of sp³-hybridized carbons (Fsp3) is 0.650. The fourth-order valence-corrected chi connectivity index (χ4v) is 3.59. The Balaban J connectivity index is 1.99. The summed E-state index contributed by atoms with van der Waals surface area (Å²) in [6.45, 7) is 4.62. The number of aliphatic imine (C=N–C) groups is 1. The molecule has 0 spiro atoms. The molecule has 1 aliphatic carbocycles. The van der Waals surface area contributed by atoms with Gasteiger partial charge >= 0.3 is 0 Å². The summed E-state index contributed by atoms with van der Waals surface area (Å²) in [7, 11) is 1.75. The van der Waals surface area contributed by atoms with E-state index in [-0.39, 0.29) is 17.8 Å². The van der Waals surface area contributed by atoms with Crippen LogP contribution in [0.15, 0.2) is 23.2 Å². The number of hydrogen-bond donors (Lipinski definition) is 3. The molecule has 2 rings (SSSR count). The van der Waals surface area contributed by atoms with E-state index in [1.165, 1.54) is 31.7 Å². The highest BCUT2D eigenvalue weighted by Gasteiger charge is 2.33. The van der Waals surface area contributed by atoms with Crippen LogP contribution in [0, 0.1) is 11.2 Å². The Bertz CT molecular complexity index is 586. The maximum absolute atomic E-state index is 13.5. The number of guanidine groups is 1. The zero-order chi connectivity index (χ0) is 18.8. The maximum atomic E-state index is 13.5. The zero-order valence-electron chi connectivity index (χ0n) is 16.0. The third-order valence-electron chi connectivity index (χ3n) is 5.18. The third-order valence-corrected chi connectivity index (χ3v) is 5.18. The minimum Gasteiger partial charge on any atom is -0.392 e. The minimum absolute atomic E-state index is 0.284. The summed E-state index contributed by atoms with van der Waals surface area (Å²) >= 11 is 0. The predicted molar refractivity (Wildman–Crippen MR) is 103 cm³/mol. The Morgan fingerprint density at radius 3 is 2.73 bits per heavy atom. The van der Waals surface area contributed by atoms with Crippen LogP contribution in [0.5, 0.6) is 0 Å². The van der Waals surface area contributed by atoms with E-state index in [0.717, 1.165) is 37.6 Å². The second-order valence-electron chi connectivity index (χ2n) is 7.08. The van der Waals surface area contributed by atoms with E-state index >= 15 is 0 Å². The van der Waals surface area contributed by atoms with E-state index in [2.05, 4.69) is 15.6 Å². The number of methoxy groups -OCH3 is 1.